The number of aliphatic carboxylic acids is 1. The second-order valence-corrected chi connectivity index (χ2v) is 34.7. The van der Waals surface area contributed by atoms with E-state index in [2.05, 4.69) is 13.8 Å². The summed E-state index contributed by atoms with van der Waals surface area (Å²) >= 11 is 0. The largest absolute Gasteiger partial charge is 0.545 e. The highest BCUT2D eigenvalue weighted by Crippen LogP contribution is 2.23. The zero-order valence-electron chi connectivity index (χ0n) is 72.2. The predicted molar refractivity (Wildman–Crippen MR) is 454 cm³/mol. The highest BCUT2D eigenvalue weighted by Gasteiger charge is 2.22. The Bertz CT molecular complexity index is 1680. The van der Waals surface area contributed by atoms with E-state index in [0.717, 1.165) is 38.5 Å². The minimum absolute atomic E-state index is 0.154. The van der Waals surface area contributed by atoms with Gasteiger partial charge in [-0.3, -0.25) is 9.59 Å². The number of hydrogen-bond donors (Lipinski definition) is 0. The first-order valence-electron chi connectivity index (χ1n) is 48.2. The number of carboxylic acid groups (broad SMARTS) is 1. The van der Waals surface area contributed by atoms with Crippen molar-refractivity contribution in [1.29, 1.82) is 0 Å². The molecule has 2 atom stereocenters. The van der Waals surface area contributed by atoms with Crippen LogP contribution in [0.2, 0.25) is 0 Å². The Labute approximate surface area is 657 Å². The fraction of sp³-hybridized carbons (Fsp3) is 0.969. The SMILES string of the molecule is CCCCCCCCCCCCCCCCCCCCCCCCCCCCCCCCCCCCCCCCCCCC(=O)OC(COC(=O)CCCCCCCCCCCCCCCCCCCCCCCCCCCCCCCCCCCCCCCCC)COC(OCC[N+](C)(C)C)C(=O)[O-]. The van der Waals surface area contributed by atoms with Crippen LogP contribution in [0.15, 0.2) is 0 Å². The van der Waals surface area contributed by atoms with Crippen LogP contribution in [-0.2, 0) is 33.3 Å². The van der Waals surface area contributed by atoms with Crippen molar-refractivity contribution in [3.8, 4) is 0 Å². The maximum absolute atomic E-state index is 13.0. The van der Waals surface area contributed by atoms with Gasteiger partial charge < -0.3 is 33.3 Å². The fourth-order valence-electron chi connectivity index (χ4n) is 15.6. The number of esters is 2. The lowest BCUT2D eigenvalue weighted by Crippen LogP contribution is -2.44. The number of nitrogens with zero attached hydrogens (tertiary/aromatic N) is 1. The second-order valence-electron chi connectivity index (χ2n) is 34.7. The molecule has 0 aliphatic heterocycles. The topological polar surface area (TPSA) is 111 Å². The molecule has 105 heavy (non-hydrogen) atoms. The summed E-state index contributed by atoms with van der Waals surface area (Å²) in [5, 5.41) is 11.9. The van der Waals surface area contributed by atoms with Crippen molar-refractivity contribution in [3.05, 3.63) is 0 Å². The average Bonchev–Trinajstić information content (AvgIpc) is 1.18. The Morgan fingerprint density at radius 1 is 0.248 bits per heavy atom. The number of hydrogen-bond acceptors (Lipinski definition) is 8. The first kappa shape index (κ1) is 103. The van der Waals surface area contributed by atoms with Gasteiger partial charge >= 0.3 is 11.9 Å². The highest BCUT2D eigenvalue weighted by molar-refractivity contribution is 5.70. The molecule has 0 amide bonds. The molecule has 0 aliphatic rings. The van der Waals surface area contributed by atoms with Gasteiger partial charge in [-0.25, -0.2) is 0 Å². The molecule has 0 N–H and O–H groups in total. The van der Waals surface area contributed by atoms with E-state index in [1.54, 1.807) is 0 Å². The molecule has 0 heterocycles. The summed E-state index contributed by atoms with van der Waals surface area (Å²) in [5.74, 6) is -2.23. The third kappa shape index (κ3) is 89.4. The molecule has 9 nitrogen and oxygen atoms in total. The number of quaternary nitrogens is 1. The molecule has 0 rings (SSSR count). The molecular formula is C96H189NO8. The van der Waals surface area contributed by atoms with Crippen LogP contribution in [-0.4, -0.2) is 82.3 Å². The van der Waals surface area contributed by atoms with E-state index in [9.17, 15) is 19.5 Å². The lowest BCUT2D eigenvalue weighted by atomic mass is 10.0. The maximum atomic E-state index is 13.0. The number of unbranched alkanes of at least 4 members (excludes halogenated alkanes) is 78. The molecule has 0 spiro atoms. The van der Waals surface area contributed by atoms with Gasteiger partial charge in [-0.15, -0.1) is 0 Å². The van der Waals surface area contributed by atoms with Gasteiger partial charge in [0.1, 0.15) is 13.2 Å². The van der Waals surface area contributed by atoms with Crippen LogP contribution >= 0.6 is 0 Å². The van der Waals surface area contributed by atoms with Gasteiger partial charge in [0, 0.05) is 12.8 Å². The lowest BCUT2D eigenvalue weighted by molar-refractivity contribution is -0.870. The number of ether oxygens (including phenoxy) is 4. The van der Waals surface area contributed by atoms with E-state index in [0.29, 0.717) is 17.4 Å². The zero-order valence-corrected chi connectivity index (χ0v) is 72.2. The molecule has 0 aromatic heterocycles. The van der Waals surface area contributed by atoms with Gasteiger partial charge in [-0.1, -0.05) is 515 Å². The molecule has 0 aromatic rings. The van der Waals surface area contributed by atoms with E-state index in [-0.39, 0.29) is 32.2 Å². The lowest BCUT2D eigenvalue weighted by Gasteiger charge is -2.26. The van der Waals surface area contributed by atoms with Crippen molar-refractivity contribution in [2.45, 2.75) is 553 Å². The van der Waals surface area contributed by atoms with Crippen LogP contribution in [0.4, 0.5) is 0 Å². The average molecular weight is 1490 g/mol. The number of carbonyl (C=O) groups excluding carboxylic acids is 3. The molecule has 0 saturated heterocycles. The normalized spacial score (nSPS) is 12.4. The summed E-state index contributed by atoms with van der Waals surface area (Å²) in [5.41, 5.74) is 0. The van der Waals surface area contributed by atoms with Crippen LogP contribution in [0.25, 0.3) is 0 Å². The Kier molecular flexibility index (Phi) is 86.4. The number of rotatable bonds is 93. The van der Waals surface area contributed by atoms with Gasteiger partial charge in [0.2, 0.25) is 0 Å². The van der Waals surface area contributed by atoms with E-state index < -0.39 is 24.3 Å². The molecule has 0 bridgehead atoms. The van der Waals surface area contributed by atoms with Crippen LogP contribution in [0.3, 0.4) is 0 Å². The summed E-state index contributed by atoms with van der Waals surface area (Å²) in [6.07, 6.45) is 109. The van der Waals surface area contributed by atoms with Crippen LogP contribution in [0, 0.1) is 0 Å². The van der Waals surface area contributed by atoms with Crippen LogP contribution in [0.5, 0.6) is 0 Å². The Hall–Kier alpha value is -1.71. The third-order valence-corrected chi connectivity index (χ3v) is 22.9. The van der Waals surface area contributed by atoms with E-state index in [1.807, 2.05) is 21.1 Å². The first-order valence-corrected chi connectivity index (χ1v) is 48.2. The molecule has 0 fully saturated rings. The predicted octanol–water partition coefficient (Wildman–Crippen LogP) is 30.3. The number of carboxylic acids is 1. The highest BCUT2D eigenvalue weighted by atomic mass is 16.7. The standard InChI is InChI=1S/C96H189NO8/c1-6-8-10-12-14-16-18-20-22-24-26-28-30-32-34-36-38-40-42-44-46-47-49-51-53-55-57-59-61-63-65-67-69-71-73-75-77-79-81-83-85-87-94(99)105-92(91-104-96(95(100)101)102-89-88-97(3,4)5)90-103-93(98)86-84-82-80-78-76-74-72-70-68-66-64-62-60-58-56-54-52-50-48-45-43-41-39-37-35-33-31-29-27-25-23-21-19-17-15-13-11-9-7-2/h92,96H,6-91H2,1-5H3. The monoisotopic (exact) mass is 1480 g/mol. The van der Waals surface area contributed by atoms with Gasteiger partial charge in [-0.2, -0.15) is 0 Å². The van der Waals surface area contributed by atoms with Crippen molar-refractivity contribution in [3.63, 3.8) is 0 Å². The third-order valence-electron chi connectivity index (χ3n) is 22.9. The van der Waals surface area contributed by atoms with Crippen molar-refractivity contribution < 1.29 is 42.9 Å². The molecule has 0 aliphatic carbocycles. The van der Waals surface area contributed by atoms with Gasteiger partial charge in [-0.05, 0) is 12.8 Å². The molecule has 9 heteroatoms. The summed E-state index contributed by atoms with van der Waals surface area (Å²) in [6.45, 7) is 4.87. The summed E-state index contributed by atoms with van der Waals surface area (Å²) in [6, 6.07) is 0. The van der Waals surface area contributed by atoms with E-state index in [4.69, 9.17) is 18.9 Å². The van der Waals surface area contributed by atoms with Crippen LogP contribution < -0.4 is 5.11 Å². The molecule has 0 saturated carbocycles. The van der Waals surface area contributed by atoms with Crippen molar-refractivity contribution in [2.75, 3.05) is 47.5 Å². The maximum Gasteiger partial charge on any atom is 0.306 e. The Balaban J connectivity index is 3.83. The fourth-order valence-corrected chi connectivity index (χ4v) is 15.6. The summed E-state index contributed by atoms with van der Waals surface area (Å²) < 4.78 is 23.0. The molecule has 0 radical (unpaired) electrons. The minimum Gasteiger partial charge on any atom is -0.545 e. The van der Waals surface area contributed by atoms with E-state index >= 15 is 0 Å². The van der Waals surface area contributed by atoms with Crippen molar-refractivity contribution in [2.24, 2.45) is 0 Å². The number of likely N-dealkylation sites (N-methyl/N-ethyl adjacent to an activating group) is 1. The Morgan fingerprint density at radius 2 is 0.429 bits per heavy atom. The molecule has 2 unspecified atom stereocenters. The minimum atomic E-state index is -1.62. The van der Waals surface area contributed by atoms with Gasteiger partial charge in [0.25, 0.3) is 0 Å². The van der Waals surface area contributed by atoms with E-state index in [1.165, 1.54) is 475 Å². The molecule has 626 valence electrons. The number of carbonyl (C=O) groups is 3. The summed E-state index contributed by atoms with van der Waals surface area (Å²) in [4.78, 5) is 37.7. The zero-order chi connectivity index (χ0) is 76.0. The smallest absolute Gasteiger partial charge is 0.306 e. The molecule has 0 aromatic carbocycles. The van der Waals surface area contributed by atoms with Gasteiger partial charge in [0.05, 0.1) is 40.3 Å². The van der Waals surface area contributed by atoms with Gasteiger partial charge in [0.15, 0.2) is 12.4 Å². The summed E-state index contributed by atoms with van der Waals surface area (Å²) in [7, 11) is 5.97. The first-order chi connectivity index (χ1) is 51.6. The quantitative estimate of drug-likeness (QED) is 0.0256. The van der Waals surface area contributed by atoms with Crippen molar-refractivity contribution in [1.82, 2.24) is 0 Å². The second kappa shape index (κ2) is 87.9. The van der Waals surface area contributed by atoms with Crippen LogP contribution in [0.1, 0.15) is 540 Å². The molecular weight excluding hydrogens is 1300 g/mol. The Morgan fingerprint density at radius 3 is 0.610 bits per heavy atom. The van der Waals surface area contributed by atoms with Crippen molar-refractivity contribution >= 4 is 17.9 Å².